The second-order valence-electron chi connectivity index (χ2n) is 9.96. The fourth-order valence-corrected chi connectivity index (χ4v) is 6.98. The second-order valence-corrected chi connectivity index (χ2v) is 11.9. The molecule has 2 aliphatic heterocycles. The van der Waals surface area contributed by atoms with Gasteiger partial charge in [-0.15, -0.1) is 10.2 Å². The van der Waals surface area contributed by atoms with Gasteiger partial charge in [0.1, 0.15) is 11.6 Å². The molecule has 0 radical (unpaired) electrons. The van der Waals surface area contributed by atoms with Crippen molar-refractivity contribution in [2.45, 2.75) is 64.1 Å². The van der Waals surface area contributed by atoms with Crippen LogP contribution in [-0.2, 0) is 20.3 Å². The number of sulfonamides is 1. The SMILES string of the molecule is COC1CC(c2c(F)cc3c(c2C)-n2c(C)nnc2C(C)(C)N3)[C@@H]2C=CN(S(C)(=O)=O)C2C1. The molecule has 8 nitrogen and oxygen atoms in total. The molecule has 0 spiro atoms. The Hall–Kier alpha value is -2.46. The molecule has 4 atom stereocenters. The van der Waals surface area contributed by atoms with Crippen LogP contribution in [0.3, 0.4) is 0 Å². The lowest BCUT2D eigenvalue weighted by atomic mass is 9.71. The van der Waals surface area contributed by atoms with Crippen LogP contribution in [0.15, 0.2) is 18.3 Å². The van der Waals surface area contributed by atoms with Crippen LogP contribution in [0, 0.1) is 25.6 Å². The number of rotatable bonds is 3. The first kappa shape index (κ1) is 22.3. The number of benzene rings is 1. The minimum atomic E-state index is -3.43. The van der Waals surface area contributed by atoms with Crippen molar-refractivity contribution in [2.75, 3.05) is 18.7 Å². The van der Waals surface area contributed by atoms with Crippen molar-refractivity contribution in [1.82, 2.24) is 19.1 Å². The molecule has 1 aromatic heterocycles. The Morgan fingerprint density at radius 2 is 1.97 bits per heavy atom. The number of nitrogens with zero attached hydrogens (tertiary/aromatic N) is 4. The van der Waals surface area contributed by atoms with Crippen LogP contribution in [0.4, 0.5) is 10.1 Å². The Morgan fingerprint density at radius 3 is 2.64 bits per heavy atom. The van der Waals surface area contributed by atoms with Crippen molar-refractivity contribution in [1.29, 1.82) is 0 Å². The Bertz CT molecular complexity index is 1270. The molecular weight excluding hydrogens is 445 g/mol. The number of halogens is 1. The Morgan fingerprint density at radius 1 is 1.24 bits per heavy atom. The average molecular weight is 476 g/mol. The van der Waals surface area contributed by atoms with Crippen LogP contribution in [0.1, 0.15) is 55.4 Å². The molecule has 0 saturated heterocycles. The molecule has 33 heavy (non-hydrogen) atoms. The van der Waals surface area contributed by atoms with Crippen molar-refractivity contribution in [3.63, 3.8) is 0 Å². The summed E-state index contributed by atoms with van der Waals surface area (Å²) >= 11 is 0. The molecule has 0 amide bonds. The Balaban J connectivity index is 1.67. The highest BCUT2D eigenvalue weighted by atomic mass is 32.2. The van der Waals surface area contributed by atoms with Gasteiger partial charge in [0.25, 0.3) is 0 Å². The van der Waals surface area contributed by atoms with Crippen LogP contribution in [0.5, 0.6) is 0 Å². The predicted molar refractivity (Wildman–Crippen MR) is 123 cm³/mol. The standard InChI is InChI=1S/C23H30FN5O3S/c1-12-20(16-9-14(32-5)10-19-15(16)7-8-28(19)33(6,30)31)17(24)11-18-21(12)29-13(2)26-27-22(29)23(3,4)25-18/h7-8,11,14-16,19,25H,9-10H2,1-6H3/t14?,15-,16?,19?/m0/s1. The number of hydrogen-bond acceptors (Lipinski definition) is 6. The fourth-order valence-electron chi connectivity index (χ4n) is 5.97. The van der Waals surface area contributed by atoms with Crippen LogP contribution in [-0.4, -0.2) is 53.0 Å². The van der Waals surface area contributed by atoms with E-state index in [0.29, 0.717) is 24.1 Å². The quantitative estimate of drug-likeness (QED) is 0.732. The average Bonchev–Trinajstić information content (AvgIpc) is 3.31. The van der Waals surface area contributed by atoms with Crippen LogP contribution in [0.2, 0.25) is 0 Å². The van der Waals surface area contributed by atoms with E-state index in [1.54, 1.807) is 19.4 Å². The van der Waals surface area contributed by atoms with Crippen LogP contribution >= 0.6 is 0 Å². The molecule has 0 bridgehead atoms. The van der Waals surface area contributed by atoms with Gasteiger partial charge in [-0.25, -0.2) is 12.8 Å². The summed E-state index contributed by atoms with van der Waals surface area (Å²) in [5, 5.41) is 12.1. The second kappa shape index (κ2) is 7.27. The highest BCUT2D eigenvalue weighted by molar-refractivity contribution is 7.88. The zero-order chi connectivity index (χ0) is 23.9. The third-order valence-corrected chi connectivity index (χ3v) is 8.56. The van der Waals surface area contributed by atoms with Gasteiger partial charge in [0, 0.05) is 19.2 Å². The highest BCUT2D eigenvalue weighted by Crippen LogP contribution is 2.49. The largest absolute Gasteiger partial charge is 0.381 e. The summed E-state index contributed by atoms with van der Waals surface area (Å²) < 4.78 is 49.7. The smallest absolute Gasteiger partial charge is 0.232 e. The molecule has 3 aliphatic rings. The zero-order valence-electron chi connectivity index (χ0n) is 19.8. The number of fused-ring (bicyclic) bond motifs is 4. The molecular formula is C23H30FN5O3S. The van der Waals surface area contributed by atoms with Gasteiger partial charge < -0.3 is 10.1 Å². The zero-order valence-corrected chi connectivity index (χ0v) is 20.6. The first-order valence-corrected chi connectivity index (χ1v) is 13.0. The number of aryl methyl sites for hydroxylation is 1. The minimum Gasteiger partial charge on any atom is -0.381 e. The lowest BCUT2D eigenvalue weighted by Crippen LogP contribution is -2.45. The number of methoxy groups -OCH3 is 1. The van der Waals surface area contributed by atoms with E-state index >= 15 is 4.39 Å². The summed E-state index contributed by atoms with van der Waals surface area (Å²) in [6.07, 6.45) is 5.78. The molecule has 1 saturated carbocycles. The van der Waals surface area contributed by atoms with Gasteiger partial charge in [0.05, 0.1) is 35.3 Å². The highest BCUT2D eigenvalue weighted by Gasteiger charge is 2.47. The van der Waals surface area contributed by atoms with Crippen molar-refractivity contribution in [2.24, 2.45) is 5.92 Å². The summed E-state index contributed by atoms with van der Waals surface area (Å²) in [5.74, 6) is 0.856. The first-order chi connectivity index (χ1) is 15.4. The number of anilines is 1. The van der Waals surface area contributed by atoms with E-state index in [1.807, 2.05) is 38.3 Å². The predicted octanol–water partition coefficient (Wildman–Crippen LogP) is 3.35. The summed E-state index contributed by atoms with van der Waals surface area (Å²) in [4.78, 5) is 0. The van der Waals surface area contributed by atoms with E-state index in [9.17, 15) is 8.42 Å². The van der Waals surface area contributed by atoms with E-state index in [2.05, 4.69) is 15.5 Å². The van der Waals surface area contributed by atoms with Gasteiger partial charge >= 0.3 is 0 Å². The van der Waals surface area contributed by atoms with Gasteiger partial charge in [-0.1, -0.05) is 6.08 Å². The summed E-state index contributed by atoms with van der Waals surface area (Å²) in [7, 11) is -1.80. The third-order valence-electron chi connectivity index (χ3n) is 7.40. The maximum atomic E-state index is 15.8. The van der Waals surface area contributed by atoms with E-state index < -0.39 is 15.6 Å². The molecule has 1 fully saturated rings. The number of nitrogens with one attached hydrogen (secondary N) is 1. The van der Waals surface area contributed by atoms with E-state index in [4.69, 9.17) is 4.74 Å². The Labute approximate surface area is 193 Å². The van der Waals surface area contributed by atoms with Crippen molar-refractivity contribution in [3.8, 4) is 5.69 Å². The minimum absolute atomic E-state index is 0.133. The van der Waals surface area contributed by atoms with Gasteiger partial charge in [-0.3, -0.25) is 8.87 Å². The maximum Gasteiger partial charge on any atom is 0.232 e. The van der Waals surface area contributed by atoms with Gasteiger partial charge in [-0.05, 0) is 63.6 Å². The Kier molecular flexibility index (Phi) is 4.92. The molecule has 178 valence electrons. The van der Waals surface area contributed by atoms with Gasteiger partial charge in [0.15, 0.2) is 5.82 Å². The summed E-state index contributed by atoms with van der Waals surface area (Å²) in [6.45, 7) is 7.81. The van der Waals surface area contributed by atoms with Crippen molar-refractivity contribution < 1.29 is 17.5 Å². The van der Waals surface area contributed by atoms with Crippen molar-refractivity contribution in [3.05, 3.63) is 46.9 Å². The molecule has 1 N–H and O–H groups in total. The van der Waals surface area contributed by atoms with Gasteiger partial charge in [-0.2, -0.15) is 0 Å². The molecule has 1 aromatic carbocycles. The van der Waals surface area contributed by atoms with Crippen LogP contribution in [0.25, 0.3) is 5.69 Å². The van der Waals surface area contributed by atoms with Crippen molar-refractivity contribution >= 4 is 15.7 Å². The fraction of sp³-hybridized carbons (Fsp3) is 0.565. The number of hydrogen-bond donors (Lipinski definition) is 1. The van der Waals surface area contributed by atoms with Crippen LogP contribution < -0.4 is 5.32 Å². The maximum absolute atomic E-state index is 15.8. The number of aromatic nitrogens is 3. The normalized spacial score (nSPS) is 27.7. The van der Waals surface area contributed by atoms with Gasteiger partial charge in [0.2, 0.25) is 10.0 Å². The molecule has 5 rings (SSSR count). The molecule has 3 unspecified atom stereocenters. The van der Waals surface area contributed by atoms with E-state index in [0.717, 1.165) is 22.9 Å². The topological polar surface area (TPSA) is 89.3 Å². The number of ether oxygens (including phenoxy) is 1. The third kappa shape index (κ3) is 3.29. The van der Waals surface area contributed by atoms with E-state index in [-0.39, 0.29) is 29.8 Å². The lowest BCUT2D eigenvalue weighted by molar-refractivity contribution is 0.0326. The molecule has 3 heterocycles. The monoisotopic (exact) mass is 475 g/mol. The first-order valence-electron chi connectivity index (χ1n) is 11.2. The lowest BCUT2D eigenvalue weighted by Gasteiger charge is -2.42. The molecule has 2 aromatic rings. The summed E-state index contributed by atoms with van der Waals surface area (Å²) in [5.41, 5.74) is 2.45. The summed E-state index contributed by atoms with van der Waals surface area (Å²) in [6, 6.07) is 1.27. The molecule has 10 heteroatoms. The molecule has 1 aliphatic carbocycles. The van der Waals surface area contributed by atoms with E-state index in [1.165, 1.54) is 10.6 Å².